The van der Waals surface area contributed by atoms with Gasteiger partial charge >= 0.3 is 17.9 Å². The van der Waals surface area contributed by atoms with E-state index >= 15 is 0 Å². The van der Waals surface area contributed by atoms with Gasteiger partial charge in [-0.15, -0.1) is 0 Å². The van der Waals surface area contributed by atoms with Gasteiger partial charge in [-0.05, 0) is 122 Å². The summed E-state index contributed by atoms with van der Waals surface area (Å²) in [6, 6.07) is 0. The number of allylic oxidation sites excluding steroid dienone is 18. The summed E-state index contributed by atoms with van der Waals surface area (Å²) >= 11 is 0. The second kappa shape index (κ2) is 70.6. The van der Waals surface area contributed by atoms with Gasteiger partial charge in [0.05, 0.1) is 0 Å². The molecule has 1 atom stereocenters. The van der Waals surface area contributed by atoms with Gasteiger partial charge in [0.2, 0.25) is 0 Å². The standard InChI is InChI=1S/C77H132O6/c1-4-7-10-13-16-19-22-24-26-28-30-32-34-35-36-37-38-39-40-41-43-44-46-48-50-52-55-58-61-64-67-70-76(79)82-73-74(72-81-75(78)69-66-63-60-57-54-21-18-15-12-9-6-3)83-77(80)71-68-65-62-59-56-53-51-49-47-45-42-33-31-29-27-25-23-20-17-14-11-8-5-2/h7,10,15-16,18-19,23-26,29-32,35-36,38-39,74H,4-6,8-9,11-14,17,20-22,27-28,33-34,37,40-73H2,1-3H3/b10-7-,18-15-,19-16-,25-23-,26-24-,31-29-,32-30-,36-35-,39-38-. The molecule has 0 bridgehead atoms. The molecule has 0 aliphatic heterocycles. The molecule has 476 valence electrons. The molecule has 83 heavy (non-hydrogen) atoms. The SMILES string of the molecule is CC/C=C\C/C=C\C/C=C\C/C=C\C/C=C\C/C=C\CCCCCCCCCCCCCCC(=O)OCC(COC(=O)CCCCCCC/C=C\CCCC)OC(=O)CCCCCCCCCCCCC/C=C\C/C=C\CCCCCCC. The molecular weight excluding hydrogens is 1020 g/mol. The predicted molar refractivity (Wildman–Crippen MR) is 362 cm³/mol. The molecule has 0 saturated heterocycles. The molecule has 0 aromatic rings. The highest BCUT2D eigenvalue weighted by Crippen LogP contribution is 2.17. The zero-order valence-electron chi connectivity index (χ0n) is 54.7. The summed E-state index contributed by atoms with van der Waals surface area (Å²) in [6.07, 6.45) is 96.9. The summed E-state index contributed by atoms with van der Waals surface area (Å²) in [5.41, 5.74) is 0. The first-order valence-corrected chi connectivity index (χ1v) is 35.4. The molecule has 0 spiro atoms. The van der Waals surface area contributed by atoms with Crippen molar-refractivity contribution in [3.05, 3.63) is 109 Å². The number of ether oxygens (including phenoxy) is 3. The Kier molecular flexibility index (Phi) is 67.2. The Balaban J connectivity index is 4.22. The lowest BCUT2D eigenvalue weighted by atomic mass is 10.0. The molecule has 0 rings (SSSR count). The van der Waals surface area contributed by atoms with Crippen LogP contribution in [0.2, 0.25) is 0 Å². The maximum Gasteiger partial charge on any atom is 0.306 e. The Morgan fingerprint density at radius 2 is 0.482 bits per heavy atom. The van der Waals surface area contributed by atoms with Crippen LogP contribution in [-0.4, -0.2) is 37.2 Å². The number of hydrogen-bond acceptors (Lipinski definition) is 6. The van der Waals surface area contributed by atoms with E-state index in [2.05, 4.69) is 130 Å². The summed E-state index contributed by atoms with van der Waals surface area (Å²) < 4.78 is 17.0. The van der Waals surface area contributed by atoms with E-state index in [9.17, 15) is 14.4 Å². The van der Waals surface area contributed by atoms with Crippen molar-refractivity contribution in [2.45, 2.75) is 348 Å². The van der Waals surface area contributed by atoms with Gasteiger partial charge < -0.3 is 14.2 Å². The maximum absolute atomic E-state index is 12.9. The third-order valence-corrected chi connectivity index (χ3v) is 15.2. The highest BCUT2D eigenvalue weighted by molar-refractivity contribution is 5.71. The second-order valence-electron chi connectivity index (χ2n) is 23.4. The van der Waals surface area contributed by atoms with E-state index in [0.717, 1.165) is 109 Å². The molecule has 0 fully saturated rings. The third kappa shape index (κ3) is 68.7. The van der Waals surface area contributed by atoms with Crippen LogP contribution in [-0.2, 0) is 28.6 Å². The monoisotopic (exact) mass is 1150 g/mol. The summed E-state index contributed by atoms with van der Waals surface area (Å²) in [4.78, 5) is 38.4. The van der Waals surface area contributed by atoms with Crippen LogP contribution in [0, 0.1) is 0 Å². The first-order chi connectivity index (χ1) is 41.0. The number of hydrogen-bond donors (Lipinski definition) is 0. The fourth-order valence-corrected chi connectivity index (χ4v) is 9.93. The lowest BCUT2D eigenvalue weighted by molar-refractivity contribution is -0.167. The Morgan fingerprint density at radius 3 is 0.783 bits per heavy atom. The Morgan fingerprint density at radius 1 is 0.253 bits per heavy atom. The normalized spacial score (nSPS) is 12.8. The molecule has 1 unspecified atom stereocenters. The van der Waals surface area contributed by atoms with Crippen LogP contribution < -0.4 is 0 Å². The first kappa shape index (κ1) is 79.1. The molecule has 0 aromatic heterocycles. The van der Waals surface area contributed by atoms with Crippen LogP contribution in [0.15, 0.2) is 109 Å². The molecule has 6 nitrogen and oxygen atoms in total. The minimum absolute atomic E-state index is 0.0809. The second-order valence-corrected chi connectivity index (χ2v) is 23.4. The first-order valence-electron chi connectivity index (χ1n) is 35.4. The highest BCUT2D eigenvalue weighted by Gasteiger charge is 2.19. The lowest BCUT2D eigenvalue weighted by Gasteiger charge is -2.18. The van der Waals surface area contributed by atoms with E-state index in [-0.39, 0.29) is 31.1 Å². The van der Waals surface area contributed by atoms with Crippen molar-refractivity contribution in [1.82, 2.24) is 0 Å². The third-order valence-electron chi connectivity index (χ3n) is 15.2. The van der Waals surface area contributed by atoms with Crippen molar-refractivity contribution in [2.75, 3.05) is 13.2 Å². The zero-order valence-corrected chi connectivity index (χ0v) is 54.7. The van der Waals surface area contributed by atoms with Crippen molar-refractivity contribution in [3.8, 4) is 0 Å². The van der Waals surface area contributed by atoms with Crippen molar-refractivity contribution in [2.24, 2.45) is 0 Å². The van der Waals surface area contributed by atoms with Crippen LogP contribution in [0.5, 0.6) is 0 Å². The highest BCUT2D eigenvalue weighted by atomic mass is 16.6. The smallest absolute Gasteiger partial charge is 0.306 e. The van der Waals surface area contributed by atoms with Crippen molar-refractivity contribution < 1.29 is 28.6 Å². The average molecular weight is 1150 g/mol. The van der Waals surface area contributed by atoms with Crippen LogP contribution >= 0.6 is 0 Å². The summed E-state index contributed by atoms with van der Waals surface area (Å²) in [5, 5.41) is 0. The molecule has 0 aliphatic carbocycles. The molecule has 0 N–H and O–H groups in total. The van der Waals surface area contributed by atoms with Gasteiger partial charge in [0.25, 0.3) is 0 Å². The quantitative estimate of drug-likeness (QED) is 0.0261. The molecule has 6 heteroatoms. The molecule has 0 radical (unpaired) electrons. The number of rotatable bonds is 64. The molecule has 0 saturated carbocycles. The Hall–Kier alpha value is -3.93. The van der Waals surface area contributed by atoms with E-state index in [1.807, 2.05) is 0 Å². The van der Waals surface area contributed by atoms with Gasteiger partial charge in [-0.3, -0.25) is 14.4 Å². The van der Waals surface area contributed by atoms with E-state index in [4.69, 9.17) is 14.2 Å². The number of unbranched alkanes of at least 4 members (excludes halogenated alkanes) is 35. The van der Waals surface area contributed by atoms with Gasteiger partial charge in [-0.1, -0.05) is 310 Å². The topological polar surface area (TPSA) is 78.9 Å². The number of carbonyl (C=O) groups excluding carboxylic acids is 3. The van der Waals surface area contributed by atoms with Crippen molar-refractivity contribution >= 4 is 17.9 Å². The summed E-state index contributed by atoms with van der Waals surface area (Å²) in [7, 11) is 0. The number of carbonyl (C=O) groups is 3. The lowest BCUT2D eigenvalue weighted by Crippen LogP contribution is -2.30. The predicted octanol–water partition coefficient (Wildman–Crippen LogP) is 24.6. The largest absolute Gasteiger partial charge is 0.462 e. The van der Waals surface area contributed by atoms with Crippen molar-refractivity contribution in [1.29, 1.82) is 0 Å². The summed E-state index contributed by atoms with van der Waals surface area (Å²) in [6.45, 7) is 6.50. The Bertz CT molecular complexity index is 1660. The number of esters is 3. The van der Waals surface area contributed by atoms with Gasteiger partial charge in [0, 0.05) is 19.3 Å². The van der Waals surface area contributed by atoms with Gasteiger partial charge in [0.1, 0.15) is 13.2 Å². The van der Waals surface area contributed by atoms with Crippen LogP contribution in [0.1, 0.15) is 342 Å². The zero-order chi connectivity index (χ0) is 59.9. The molecule has 0 aromatic carbocycles. The van der Waals surface area contributed by atoms with Crippen LogP contribution in [0.25, 0.3) is 0 Å². The molecular formula is C77H132O6. The average Bonchev–Trinajstić information content (AvgIpc) is 3.48. The fraction of sp³-hybridized carbons (Fsp3) is 0.727. The molecule has 0 heterocycles. The Labute approximate surface area is 514 Å². The van der Waals surface area contributed by atoms with E-state index in [1.54, 1.807) is 0 Å². The van der Waals surface area contributed by atoms with E-state index in [0.29, 0.717) is 19.3 Å². The fourth-order valence-electron chi connectivity index (χ4n) is 9.93. The van der Waals surface area contributed by atoms with Crippen molar-refractivity contribution in [3.63, 3.8) is 0 Å². The molecule has 0 amide bonds. The molecule has 0 aliphatic rings. The summed E-state index contributed by atoms with van der Waals surface area (Å²) in [5.74, 6) is -0.882. The van der Waals surface area contributed by atoms with Crippen LogP contribution in [0.3, 0.4) is 0 Å². The van der Waals surface area contributed by atoms with Gasteiger partial charge in [-0.2, -0.15) is 0 Å². The minimum Gasteiger partial charge on any atom is -0.462 e. The van der Waals surface area contributed by atoms with E-state index in [1.165, 1.54) is 193 Å². The van der Waals surface area contributed by atoms with Crippen LogP contribution in [0.4, 0.5) is 0 Å². The van der Waals surface area contributed by atoms with Gasteiger partial charge in [0.15, 0.2) is 6.10 Å². The van der Waals surface area contributed by atoms with Gasteiger partial charge in [-0.25, -0.2) is 0 Å². The maximum atomic E-state index is 12.9. The minimum atomic E-state index is -0.785. The van der Waals surface area contributed by atoms with E-state index < -0.39 is 6.10 Å².